The molecule has 7 heteroatoms. The van der Waals surface area contributed by atoms with Crippen LogP contribution in [-0.4, -0.2) is 37.8 Å². The number of sulfonamides is 1. The maximum atomic E-state index is 13.3. The molecule has 0 unspecified atom stereocenters. The van der Waals surface area contributed by atoms with Crippen molar-refractivity contribution in [3.63, 3.8) is 0 Å². The third kappa shape index (κ3) is 5.03. The fraction of sp³-hybridized carbons (Fsp3) is 0.409. The van der Waals surface area contributed by atoms with Crippen molar-refractivity contribution in [2.24, 2.45) is 0 Å². The van der Waals surface area contributed by atoms with Gasteiger partial charge in [-0.3, -0.25) is 4.79 Å². The smallest absolute Gasteiger partial charge is 0.251 e. The van der Waals surface area contributed by atoms with Gasteiger partial charge in [-0.25, -0.2) is 12.8 Å². The van der Waals surface area contributed by atoms with Crippen LogP contribution in [-0.2, 0) is 15.4 Å². The Labute approximate surface area is 172 Å². The first-order chi connectivity index (χ1) is 13.6. The Kier molecular flexibility index (Phi) is 6.10. The molecule has 1 saturated heterocycles. The molecule has 1 aliphatic heterocycles. The summed E-state index contributed by atoms with van der Waals surface area (Å²) >= 11 is 0. The predicted molar refractivity (Wildman–Crippen MR) is 111 cm³/mol. The van der Waals surface area contributed by atoms with Gasteiger partial charge >= 0.3 is 0 Å². The average Bonchev–Trinajstić information content (AvgIpc) is 2.68. The summed E-state index contributed by atoms with van der Waals surface area (Å²) < 4.78 is 40.6. The van der Waals surface area contributed by atoms with Crippen molar-refractivity contribution >= 4 is 15.9 Å². The minimum atomic E-state index is -3.56. The molecule has 5 nitrogen and oxygen atoms in total. The molecular formula is C22H27FN2O3S. The number of halogens is 1. The standard InChI is InChI=1S/C22H27FN2O3S/c1-22(2,3)17-7-9-20(10-8-17)29(27,28)25-13-11-19(12-14-25)24-21(26)16-5-4-6-18(23)15-16/h4-10,15,19H,11-14H2,1-3H3,(H,24,26). The highest BCUT2D eigenvalue weighted by atomic mass is 32.2. The van der Waals surface area contributed by atoms with Crippen molar-refractivity contribution < 1.29 is 17.6 Å². The van der Waals surface area contributed by atoms with Crippen LogP contribution in [0, 0.1) is 5.82 Å². The number of benzene rings is 2. The second-order valence-electron chi connectivity index (χ2n) is 8.44. The molecule has 0 saturated carbocycles. The van der Waals surface area contributed by atoms with Crippen LogP contribution in [0.25, 0.3) is 0 Å². The van der Waals surface area contributed by atoms with Crippen LogP contribution < -0.4 is 5.32 Å². The quantitative estimate of drug-likeness (QED) is 0.823. The highest BCUT2D eigenvalue weighted by Gasteiger charge is 2.30. The van der Waals surface area contributed by atoms with Gasteiger partial charge in [-0.1, -0.05) is 39.0 Å². The van der Waals surface area contributed by atoms with Gasteiger partial charge in [-0.05, 0) is 54.2 Å². The van der Waals surface area contributed by atoms with E-state index in [-0.39, 0.29) is 27.8 Å². The molecule has 1 fully saturated rings. The Morgan fingerprint density at radius 2 is 1.69 bits per heavy atom. The lowest BCUT2D eigenvalue weighted by atomic mass is 9.87. The van der Waals surface area contributed by atoms with E-state index in [0.29, 0.717) is 25.9 Å². The zero-order valence-electron chi connectivity index (χ0n) is 17.0. The van der Waals surface area contributed by atoms with Crippen molar-refractivity contribution in [1.29, 1.82) is 0 Å². The Morgan fingerprint density at radius 3 is 2.24 bits per heavy atom. The SMILES string of the molecule is CC(C)(C)c1ccc(S(=O)(=O)N2CCC(NC(=O)c3cccc(F)c3)CC2)cc1. The van der Waals surface area contributed by atoms with Gasteiger partial charge in [0.25, 0.3) is 5.91 Å². The van der Waals surface area contributed by atoms with Gasteiger partial charge in [0, 0.05) is 24.7 Å². The summed E-state index contributed by atoms with van der Waals surface area (Å²) in [5.41, 5.74) is 1.30. The number of rotatable bonds is 4. The second-order valence-corrected chi connectivity index (χ2v) is 10.4. The fourth-order valence-corrected chi connectivity index (χ4v) is 4.88. The van der Waals surface area contributed by atoms with E-state index in [1.807, 2.05) is 12.1 Å². The third-order valence-electron chi connectivity index (χ3n) is 5.23. The van der Waals surface area contributed by atoms with Crippen LogP contribution >= 0.6 is 0 Å². The molecule has 1 heterocycles. The lowest BCUT2D eigenvalue weighted by Gasteiger charge is -2.31. The molecule has 0 radical (unpaired) electrons. The van der Waals surface area contributed by atoms with Gasteiger partial charge < -0.3 is 5.32 Å². The molecular weight excluding hydrogens is 391 g/mol. The first-order valence-electron chi connectivity index (χ1n) is 9.74. The second kappa shape index (κ2) is 8.24. The molecule has 0 bridgehead atoms. The fourth-order valence-electron chi connectivity index (χ4n) is 3.41. The van der Waals surface area contributed by atoms with Gasteiger partial charge in [0.1, 0.15) is 5.82 Å². The first kappa shape index (κ1) is 21.5. The van der Waals surface area contributed by atoms with E-state index >= 15 is 0 Å². The van der Waals surface area contributed by atoms with Crippen molar-refractivity contribution in [1.82, 2.24) is 9.62 Å². The number of carbonyl (C=O) groups excluding carboxylic acids is 1. The van der Waals surface area contributed by atoms with Gasteiger partial charge in [0.05, 0.1) is 4.90 Å². The van der Waals surface area contributed by atoms with Crippen LogP contribution in [0.4, 0.5) is 4.39 Å². The summed E-state index contributed by atoms with van der Waals surface area (Å²) in [7, 11) is -3.56. The van der Waals surface area contributed by atoms with E-state index in [1.165, 1.54) is 22.5 Å². The van der Waals surface area contributed by atoms with Crippen molar-refractivity contribution in [3.8, 4) is 0 Å². The Morgan fingerprint density at radius 1 is 1.07 bits per heavy atom. The normalized spacial score (nSPS) is 16.6. The number of hydrogen-bond acceptors (Lipinski definition) is 3. The topological polar surface area (TPSA) is 66.5 Å². The monoisotopic (exact) mass is 418 g/mol. The molecule has 156 valence electrons. The Bertz CT molecular complexity index is 974. The minimum absolute atomic E-state index is 0.0412. The molecule has 0 aliphatic carbocycles. The number of amides is 1. The highest BCUT2D eigenvalue weighted by molar-refractivity contribution is 7.89. The largest absolute Gasteiger partial charge is 0.349 e. The number of nitrogens with zero attached hydrogens (tertiary/aromatic N) is 1. The van der Waals surface area contributed by atoms with Gasteiger partial charge in [0.2, 0.25) is 10.0 Å². The van der Waals surface area contributed by atoms with Crippen molar-refractivity contribution in [2.45, 2.75) is 50.0 Å². The first-order valence-corrected chi connectivity index (χ1v) is 11.2. The third-order valence-corrected chi connectivity index (χ3v) is 7.15. The highest BCUT2D eigenvalue weighted by Crippen LogP contribution is 2.26. The molecule has 1 amide bonds. The summed E-state index contributed by atoms with van der Waals surface area (Å²) in [6, 6.07) is 12.4. The van der Waals surface area contributed by atoms with E-state index in [2.05, 4.69) is 26.1 Å². The number of piperidine rings is 1. The molecule has 1 aliphatic rings. The molecule has 2 aromatic rings. The molecule has 0 atom stereocenters. The number of carbonyl (C=O) groups is 1. The maximum absolute atomic E-state index is 13.3. The summed E-state index contributed by atoms with van der Waals surface area (Å²) in [5, 5.41) is 2.87. The van der Waals surface area contributed by atoms with Gasteiger partial charge in [0.15, 0.2) is 0 Å². The molecule has 1 N–H and O–H groups in total. The average molecular weight is 419 g/mol. The van der Waals surface area contributed by atoms with Crippen LogP contribution in [0.15, 0.2) is 53.4 Å². The van der Waals surface area contributed by atoms with Gasteiger partial charge in [-0.2, -0.15) is 4.31 Å². The summed E-state index contributed by atoms with van der Waals surface area (Å²) in [5.74, 6) is -0.806. The molecule has 2 aromatic carbocycles. The lowest BCUT2D eigenvalue weighted by Crippen LogP contribution is -2.46. The van der Waals surface area contributed by atoms with E-state index in [0.717, 1.165) is 5.56 Å². The zero-order chi connectivity index (χ0) is 21.2. The van der Waals surface area contributed by atoms with E-state index in [4.69, 9.17) is 0 Å². The summed E-state index contributed by atoms with van der Waals surface area (Å²) in [4.78, 5) is 12.6. The lowest BCUT2D eigenvalue weighted by molar-refractivity contribution is 0.0923. The van der Waals surface area contributed by atoms with Crippen molar-refractivity contribution in [3.05, 3.63) is 65.5 Å². The van der Waals surface area contributed by atoms with Crippen LogP contribution in [0.3, 0.4) is 0 Å². The van der Waals surface area contributed by atoms with E-state index in [9.17, 15) is 17.6 Å². The molecule has 0 spiro atoms. The van der Waals surface area contributed by atoms with E-state index in [1.54, 1.807) is 18.2 Å². The number of nitrogens with one attached hydrogen (secondary N) is 1. The molecule has 29 heavy (non-hydrogen) atoms. The molecule has 0 aromatic heterocycles. The van der Waals surface area contributed by atoms with Crippen LogP contribution in [0.1, 0.15) is 49.5 Å². The van der Waals surface area contributed by atoms with E-state index < -0.39 is 15.8 Å². The minimum Gasteiger partial charge on any atom is -0.349 e. The number of hydrogen-bond donors (Lipinski definition) is 1. The Hall–Kier alpha value is -2.25. The summed E-state index contributed by atoms with van der Waals surface area (Å²) in [6.07, 6.45) is 1.03. The van der Waals surface area contributed by atoms with Crippen LogP contribution in [0.5, 0.6) is 0 Å². The van der Waals surface area contributed by atoms with Gasteiger partial charge in [-0.15, -0.1) is 0 Å². The Balaban J connectivity index is 1.61. The summed E-state index contributed by atoms with van der Waals surface area (Å²) in [6.45, 7) is 6.91. The van der Waals surface area contributed by atoms with Crippen LogP contribution in [0.2, 0.25) is 0 Å². The van der Waals surface area contributed by atoms with Crippen molar-refractivity contribution in [2.75, 3.05) is 13.1 Å². The zero-order valence-corrected chi connectivity index (χ0v) is 17.8. The maximum Gasteiger partial charge on any atom is 0.251 e. The predicted octanol–water partition coefficient (Wildman–Crippen LogP) is 3.71. The molecule has 3 rings (SSSR count).